The van der Waals surface area contributed by atoms with Gasteiger partial charge in [0.25, 0.3) is 5.91 Å². The number of aryl methyl sites for hydroxylation is 2. The number of hydrogen-bond donors (Lipinski definition) is 2. The van der Waals surface area contributed by atoms with Gasteiger partial charge in [-0.1, -0.05) is 29.8 Å². The van der Waals surface area contributed by atoms with Crippen molar-refractivity contribution in [2.24, 2.45) is 0 Å². The lowest BCUT2D eigenvalue weighted by Gasteiger charge is -2.09. The molecule has 32 heavy (non-hydrogen) atoms. The molecule has 1 aromatic heterocycles. The van der Waals surface area contributed by atoms with Gasteiger partial charge < -0.3 is 15.4 Å². The Bertz CT molecular complexity index is 1120. The molecular formula is C24H24N2O4S2. The van der Waals surface area contributed by atoms with E-state index in [0.29, 0.717) is 26.9 Å². The molecule has 0 unspecified atom stereocenters. The Kier molecular flexibility index (Phi) is 8.08. The smallest absolute Gasteiger partial charge is 0.348 e. The van der Waals surface area contributed by atoms with Gasteiger partial charge in [0, 0.05) is 10.6 Å². The minimum Gasteiger partial charge on any atom is -0.462 e. The number of carbonyl (C=O) groups excluding carboxylic acids is 3. The number of thioether (sulfide) groups is 1. The molecule has 166 valence electrons. The third-order valence-electron chi connectivity index (χ3n) is 4.44. The molecule has 2 aromatic carbocycles. The Morgan fingerprint density at radius 3 is 2.44 bits per heavy atom. The second-order valence-corrected chi connectivity index (χ2v) is 9.07. The normalized spacial score (nSPS) is 10.5. The number of rotatable bonds is 8. The molecule has 0 bridgehead atoms. The summed E-state index contributed by atoms with van der Waals surface area (Å²) in [5.74, 6) is -0.680. The highest BCUT2D eigenvalue weighted by molar-refractivity contribution is 8.00. The van der Waals surface area contributed by atoms with Crippen molar-refractivity contribution in [2.45, 2.75) is 25.7 Å². The molecule has 0 saturated carbocycles. The van der Waals surface area contributed by atoms with Crippen molar-refractivity contribution in [3.05, 3.63) is 76.2 Å². The van der Waals surface area contributed by atoms with Gasteiger partial charge in [0.2, 0.25) is 5.91 Å². The molecule has 0 spiro atoms. The Balaban J connectivity index is 1.65. The monoisotopic (exact) mass is 468 g/mol. The maximum Gasteiger partial charge on any atom is 0.348 e. The van der Waals surface area contributed by atoms with Crippen LogP contribution in [0.2, 0.25) is 0 Å². The van der Waals surface area contributed by atoms with Crippen molar-refractivity contribution < 1.29 is 19.1 Å². The third kappa shape index (κ3) is 6.21. The zero-order chi connectivity index (χ0) is 23.1. The van der Waals surface area contributed by atoms with Gasteiger partial charge in [-0.15, -0.1) is 23.1 Å². The van der Waals surface area contributed by atoms with Crippen LogP contribution in [-0.4, -0.2) is 30.1 Å². The molecule has 1 heterocycles. The fourth-order valence-electron chi connectivity index (χ4n) is 2.88. The van der Waals surface area contributed by atoms with Crippen LogP contribution in [0, 0.1) is 13.8 Å². The lowest BCUT2D eigenvalue weighted by Crippen LogP contribution is -2.15. The van der Waals surface area contributed by atoms with Gasteiger partial charge in [0.15, 0.2) is 0 Å². The van der Waals surface area contributed by atoms with E-state index in [4.69, 9.17) is 4.74 Å². The number of hydrogen-bond acceptors (Lipinski definition) is 6. The first-order valence-electron chi connectivity index (χ1n) is 10.0. The van der Waals surface area contributed by atoms with Crippen molar-refractivity contribution in [3.8, 4) is 0 Å². The molecule has 0 fully saturated rings. The van der Waals surface area contributed by atoms with Crippen LogP contribution in [0.5, 0.6) is 0 Å². The summed E-state index contributed by atoms with van der Waals surface area (Å²) in [5.41, 5.74) is 3.06. The summed E-state index contributed by atoms with van der Waals surface area (Å²) in [6, 6.07) is 16.4. The van der Waals surface area contributed by atoms with Crippen LogP contribution in [0.4, 0.5) is 10.7 Å². The number of esters is 1. The highest BCUT2D eigenvalue weighted by Crippen LogP contribution is 2.29. The maximum absolute atomic E-state index is 12.9. The number of amides is 2. The van der Waals surface area contributed by atoms with E-state index < -0.39 is 5.97 Å². The van der Waals surface area contributed by atoms with Crippen LogP contribution in [-0.2, 0) is 9.53 Å². The zero-order valence-electron chi connectivity index (χ0n) is 18.1. The molecular weight excluding hydrogens is 444 g/mol. The van der Waals surface area contributed by atoms with Crippen molar-refractivity contribution in [1.29, 1.82) is 0 Å². The van der Waals surface area contributed by atoms with Gasteiger partial charge in [0.1, 0.15) is 4.88 Å². The average molecular weight is 469 g/mol. The Morgan fingerprint density at radius 1 is 1.00 bits per heavy atom. The van der Waals surface area contributed by atoms with Gasteiger partial charge in [0.05, 0.1) is 22.9 Å². The molecule has 0 aliphatic heterocycles. The predicted molar refractivity (Wildman–Crippen MR) is 130 cm³/mol. The van der Waals surface area contributed by atoms with Crippen molar-refractivity contribution >= 4 is 51.6 Å². The van der Waals surface area contributed by atoms with Crippen LogP contribution < -0.4 is 10.6 Å². The lowest BCUT2D eigenvalue weighted by molar-refractivity contribution is -0.113. The SMILES string of the molecule is CCOC(=O)c1sc(NC(=O)c2ccccc2SCC(=O)Nc2ccc(C)cc2)cc1C. The van der Waals surface area contributed by atoms with E-state index in [-0.39, 0.29) is 17.6 Å². The molecule has 6 nitrogen and oxygen atoms in total. The standard InChI is InChI=1S/C24H24N2O4S2/c1-4-30-24(29)22-16(3)13-21(32-22)26-23(28)18-7-5-6-8-19(18)31-14-20(27)25-17-11-9-15(2)10-12-17/h5-13H,4,14H2,1-3H3,(H,25,27)(H,26,28). The van der Waals surface area contributed by atoms with E-state index in [9.17, 15) is 14.4 Å². The largest absolute Gasteiger partial charge is 0.462 e. The number of benzene rings is 2. The first-order valence-corrected chi connectivity index (χ1v) is 11.8. The third-order valence-corrected chi connectivity index (χ3v) is 6.65. The summed E-state index contributed by atoms with van der Waals surface area (Å²) in [6.07, 6.45) is 0. The van der Waals surface area contributed by atoms with Gasteiger partial charge in [-0.3, -0.25) is 9.59 Å². The van der Waals surface area contributed by atoms with E-state index in [1.807, 2.05) is 43.3 Å². The molecule has 3 rings (SSSR count). The van der Waals surface area contributed by atoms with Gasteiger partial charge in [-0.05, 0) is 56.7 Å². The van der Waals surface area contributed by atoms with E-state index in [1.165, 1.54) is 23.1 Å². The fourth-order valence-corrected chi connectivity index (χ4v) is 4.69. The number of thiophene rings is 1. The maximum atomic E-state index is 12.9. The summed E-state index contributed by atoms with van der Waals surface area (Å²) >= 11 is 2.47. The zero-order valence-corrected chi connectivity index (χ0v) is 19.7. The van der Waals surface area contributed by atoms with Gasteiger partial charge in [-0.25, -0.2) is 4.79 Å². The molecule has 8 heteroatoms. The van der Waals surface area contributed by atoms with E-state index in [2.05, 4.69) is 10.6 Å². The second-order valence-electron chi connectivity index (χ2n) is 7.00. The number of nitrogens with one attached hydrogen (secondary N) is 2. The first kappa shape index (κ1) is 23.6. The average Bonchev–Trinajstić information content (AvgIpc) is 3.14. The van der Waals surface area contributed by atoms with Gasteiger partial charge in [-0.2, -0.15) is 0 Å². The molecule has 0 atom stereocenters. The molecule has 2 N–H and O–H groups in total. The molecule has 3 aromatic rings. The first-order chi connectivity index (χ1) is 15.4. The Hall–Kier alpha value is -3.10. The molecule has 0 saturated heterocycles. The summed E-state index contributed by atoms with van der Waals surface area (Å²) in [4.78, 5) is 38.4. The number of carbonyl (C=O) groups is 3. The minimum atomic E-state index is -0.397. The molecule has 2 amide bonds. The van der Waals surface area contributed by atoms with Gasteiger partial charge >= 0.3 is 5.97 Å². The summed E-state index contributed by atoms with van der Waals surface area (Å²) in [7, 11) is 0. The van der Waals surface area contributed by atoms with Crippen molar-refractivity contribution in [2.75, 3.05) is 23.0 Å². The van der Waals surface area contributed by atoms with Crippen LogP contribution >= 0.6 is 23.1 Å². The molecule has 0 radical (unpaired) electrons. The predicted octanol–water partition coefficient (Wildman–Crippen LogP) is 5.52. The lowest BCUT2D eigenvalue weighted by atomic mass is 10.2. The number of anilines is 2. The van der Waals surface area contributed by atoms with E-state index >= 15 is 0 Å². The fraction of sp³-hybridized carbons (Fsp3) is 0.208. The summed E-state index contributed by atoms with van der Waals surface area (Å²) < 4.78 is 5.05. The number of ether oxygens (including phenoxy) is 1. The van der Waals surface area contributed by atoms with E-state index in [1.54, 1.807) is 32.0 Å². The Labute approximate surface area is 195 Å². The second kappa shape index (κ2) is 11.0. The molecule has 0 aliphatic rings. The van der Waals surface area contributed by atoms with E-state index in [0.717, 1.165) is 16.8 Å². The summed E-state index contributed by atoms with van der Waals surface area (Å²) in [6.45, 7) is 5.83. The van der Waals surface area contributed by atoms with Crippen LogP contribution in [0.25, 0.3) is 0 Å². The van der Waals surface area contributed by atoms with Crippen LogP contribution in [0.3, 0.4) is 0 Å². The molecule has 0 aliphatic carbocycles. The topological polar surface area (TPSA) is 84.5 Å². The minimum absolute atomic E-state index is 0.151. The van der Waals surface area contributed by atoms with Crippen LogP contribution in [0.1, 0.15) is 38.1 Å². The highest BCUT2D eigenvalue weighted by atomic mass is 32.2. The van der Waals surface area contributed by atoms with Crippen molar-refractivity contribution in [1.82, 2.24) is 0 Å². The van der Waals surface area contributed by atoms with Crippen molar-refractivity contribution in [3.63, 3.8) is 0 Å². The highest BCUT2D eigenvalue weighted by Gasteiger charge is 2.18. The quantitative estimate of drug-likeness (QED) is 0.336. The van der Waals surface area contributed by atoms with Crippen LogP contribution in [0.15, 0.2) is 59.5 Å². The summed E-state index contributed by atoms with van der Waals surface area (Å²) in [5, 5.41) is 6.27. The Morgan fingerprint density at radius 2 is 1.72 bits per heavy atom.